The molecule has 0 radical (unpaired) electrons. The maximum atomic E-state index is 12.0. The number of amides is 1. The first-order valence-corrected chi connectivity index (χ1v) is 7.06. The Balaban J connectivity index is 2.60. The first kappa shape index (κ1) is 15.1. The minimum absolute atomic E-state index is 0.0971. The van der Waals surface area contributed by atoms with E-state index < -0.39 is 0 Å². The number of halogens is 1. The highest BCUT2D eigenvalue weighted by molar-refractivity contribution is 9.10. The van der Waals surface area contributed by atoms with E-state index in [4.69, 9.17) is 18.0 Å². The van der Waals surface area contributed by atoms with Gasteiger partial charge in [-0.1, -0.05) is 59.7 Å². The van der Waals surface area contributed by atoms with Crippen LogP contribution < -0.4 is 11.1 Å². The van der Waals surface area contributed by atoms with Gasteiger partial charge in [0.2, 0.25) is 5.91 Å². The van der Waals surface area contributed by atoms with Gasteiger partial charge < -0.3 is 11.1 Å². The third-order valence-electron chi connectivity index (χ3n) is 2.65. The summed E-state index contributed by atoms with van der Waals surface area (Å²) in [4.78, 5) is 12.2. The van der Waals surface area contributed by atoms with E-state index >= 15 is 0 Å². The van der Waals surface area contributed by atoms with Crippen LogP contribution in [0, 0.1) is 5.92 Å². The molecule has 0 saturated heterocycles. The zero-order valence-electron chi connectivity index (χ0n) is 10.3. The van der Waals surface area contributed by atoms with Crippen molar-refractivity contribution in [3.8, 4) is 0 Å². The molecule has 0 aliphatic heterocycles. The number of rotatable bonds is 6. The third-order valence-corrected chi connectivity index (χ3v) is 3.71. The van der Waals surface area contributed by atoms with Crippen molar-refractivity contribution >= 4 is 39.0 Å². The average molecular weight is 329 g/mol. The van der Waals surface area contributed by atoms with Crippen molar-refractivity contribution in [2.24, 2.45) is 11.7 Å². The Bertz CT molecular complexity index is 437. The summed E-state index contributed by atoms with van der Waals surface area (Å²) >= 11 is 8.36. The molecule has 0 bridgehead atoms. The van der Waals surface area contributed by atoms with E-state index in [2.05, 4.69) is 21.2 Å². The second-order valence-electron chi connectivity index (χ2n) is 4.05. The number of hydrogen-bond acceptors (Lipinski definition) is 2. The number of carbonyl (C=O) groups excluding carboxylic acids is 1. The summed E-state index contributed by atoms with van der Waals surface area (Å²) in [5.74, 6) is -0.465. The summed E-state index contributed by atoms with van der Waals surface area (Å²) in [5.41, 5.74) is 6.62. The number of nitrogens with two attached hydrogens (primary N) is 1. The molecular weight excluding hydrogens is 312 g/mol. The zero-order chi connectivity index (χ0) is 13.5. The van der Waals surface area contributed by atoms with Gasteiger partial charge >= 0.3 is 0 Å². The van der Waals surface area contributed by atoms with Crippen molar-refractivity contribution in [3.05, 3.63) is 34.3 Å². The van der Waals surface area contributed by atoms with E-state index in [0.717, 1.165) is 16.5 Å². The van der Waals surface area contributed by atoms with Gasteiger partial charge in [-0.3, -0.25) is 4.79 Å². The van der Waals surface area contributed by atoms with E-state index in [-0.39, 0.29) is 16.8 Å². The van der Waals surface area contributed by atoms with Gasteiger partial charge in [0.15, 0.2) is 0 Å². The van der Waals surface area contributed by atoms with E-state index in [0.29, 0.717) is 13.0 Å². The second-order valence-corrected chi connectivity index (χ2v) is 5.38. The number of hydrogen-bond donors (Lipinski definition) is 2. The van der Waals surface area contributed by atoms with Gasteiger partial charge in [-0.15, -0.1) is 0 Å². The smallest absolute Gasteiger partial charge is 0.230 e. The quantitative estimate of drug-likeness (QED) is 0.789. The summed E-state index contributed by atoms with van der Waals surface area (Å²) in [7, 11) is 0. The van der Waals surface area contributed by atoms with Crippen LogP contribution in [-0.4, -0.2) is 10.9 Å². The minimum atomic E-state index is -0.368. The van der Waals surface area contributed by atoms with E-state index in [1.807, 2.05) is 31.2 Å². The lowest BCUT2D eigenvalue weighted by Gasteiger charge is -2.15. The summed E-state index contributed by atoms with van der Waals surface area (Å²) in [6.07, 6.45) is 1.57. The maximum Gasteiger partial charge on any atom is 0.230 e. The van der Waals surface area contributed by atoms with Gasteiger partial charge in [0.25, 0.3) is 0 Å². The SMILES string of the molecule is CCCC(C(=O)NCc1ccccc1Br)C(N)=S. The Hall–Kier alpha value is -0.940. The number of carbonyl (C=O) groups is 1. The van der Waals surface area contributed by atoms with Crippen LogP contribution in [0.5, 0.6) is 0 Å². The summed E-state index contributed by atoms with van der Waals surface area (Å²) in [6, 6.07) is 7.77. The van der Waals surface area contributed by atoms with Crippen molar-refractivity contribution < 1.29 is 4.79 Å². The molecule has 1 unspecified atom stereocenters. The Morgan fingerprint density at radius 2 is 2.17 bits per heavy atom. The van der Waals surface area contributed by atoms with Crippen LogP contribution in [0.15, 0.2) is 28.7 Å². The predicted molar refractivity (Wildman–Crippen MR) is 81.2 cm³/mol. The molecule has 0 spiro atoms. The molecule has 0 aliphatic rings. The van der Waals surface area contributed by atoms with Crippen LogP contribution in [0.1, 0.15) is 25.3 Å². The molecule has 98 valence electrons. The van der Waals surface area contributed by atoms with Gasteiger partial charge in [0, 0.05) is 11.0 Å². The fourth-order valence-corrected chi connectivity index (χ4v) is 2.29. The van der Waals surface area contributed by atoms with Crippen LogP contribution >= 0.6 is 28.1 Å². The molecule has 1 atom stereocenters. The largest absolute Gasteiger partial charge is 0.393 e. The molecule has 0 fully saturated rings. The fraction of sp³-hybridized carbons (Fsp3) is 0.385. The van der Waals surface area contributed by atoms with E-state index in [1.165, 1.54) is 0 Å². The average Bonchev–Trinajstić information content (AvgIpc) is 2.34. The molecule has 3 nitrogen and oxygen atoms in total. The maximum absolute atomic E-state index is 12.0. The highest BCUT2D eigenvalue weighted by atomic mass is 79.9. The number of benzene rings is 1. The summed E-state index contributed by atoms with van der Waals surface area (Å²) < 4.78 is 0.979. The zero-order valence-corrected chi connectivity index (χ0v) is 12.7. The topological polar surface area (TPSA) is 55.1 Å². The molecule has 0 aromatic heterocycles. The van der Waals surface area contributed by atoms with Crippen LogP contribution in [0.25, 0.3) is 0 Å². The molecule has 5 heteroatoms. The summed E-state index contributed by atoms with van der Waals surface area (Å²) in [5, 5.41) is 2.87. The molecule has 0 heterocycles. The Morgan fingerprint density at radius 1 is 1.50 bits per heavy atom. The van der Waals surface area contributed by atoms with Gasteiger partial charge in [-0.05, 0) is 18.1 Å². The predicted octanol–water partition coefficient (Wildman–Crippen LogP) is 2.77. The second kappa shape index (κ2) is 7.48. The highest BCUT2D eigenvalue weighted by Crippen LogP contribution is 2.16. The van der Waals surface area contributed by atoms with Crippen LogP contribution in [0.4, 0.5) is 0 Å². The lowest BCUT2D eigenvalue weighted by Crippen LogP contribution is -2.37. The fourth-order valence-electron chi connectivity index (χ4n) is 1.64. The molecule has 0 saturated carbocycles. The molecule has 1 aromatic carbocycles. The molecule has 1 aromatic rings. The first-order valence-electron chi connectivity index (χ1n) is 5.86. The minimum Gasteiger partial charge on any atom is -0.393 e. The first-order chi connectivity index (χ1) is 8.56. The standard InChI is InChI=1S/C13H17BrN2OS/c1-2-5-10(12(15)18)13(17)16-8-9-6-3-4-7-11(9)14/h3-4,6-7,10H,2,5,8H2,1H3,(H2,15,18)(H,16,17). The molecule has 1 amide bonds. The molecule has 3 N–H and O–H groups in total. The van der Waals surface area contributed by atoms with Crippen molar-refractivity contribution in [2.45, 2.75) is 26.3 Å². The normalized spacial score (nSPS) is 11.9. The molecular formula is C13H17BrN2OS. The molecule has 18 heavy (non-hydrogen) atoms. The lowest BCUT2D eigenvalue weighted by atomic mass is 10.0. The molecule has 0 aliphatic carbocycles. The van der Waals surface area contributed by atoms with Crippen LogP contribution in [0.2, 0.25) is 0 Å². The monoisotopic (exact) mass is 328 g/mol. The van der Waals surface area contributed by atoms with Crippen molar-refractivity contribution in [3.63, 3.8) is 0 Å². The van der Waals surface area contributed by atoms with Crippen molar-refractivity contribution in [2.75, 3.05) is 0 Å². The van der Waals surface area contributed by atoms with Crippen molar-refractivity contribution in [1.29, 1.82) is 0 Å². The van der Waals surface area contributed by atoms with Gasteiger partial charge in [-0.25, -0.2) is 0 Å². The van der Waals surface area contributed by atoms with Gasteiger partial charge in [0.1, 0.15) is 0 Å². The van der Waals surface area contributed by atoms with Crippen molar-refractivity contribution in [1.82, 2.24) is 5.32 Å². The Kier molecular flexibility index (Phi) is 6.29. The van der Waals surface area contributed by atoms with Gasteiger partial charge in [-0.2, -0.15) is 0 Å². The van der Waals surface area contributed by atoms with E-state index in [9.17, 15) is 4.79 Å². The summed E-state index contributed by atoms with van der Waals surface area (Å²) in [6.45, 7) is 2.48. The lowest BCUT2D eigenvalue weighted by molar-refractivity contribution is -0.123. The Morgan fingerprint density at radius 3 is 2.72 bits per heavy atom. The van der Waals surface area contributed by atoms with E-state index in [1.54, 1.807) is 0 Å². The Labute approximate surface area is 121 Å². The highest BCUT2D eigenvalue weighted by Gasteiger charge is 2.19. The number of nitrogens with one attached hydrogen (secondary N) is 1. The molecule has 1 rings (SSSR count). The van der Waals surface area contributed by atoms with Gasteiger partial charge in [0.05, 0.1) is 10.9 Å². The van der Waals surface area contributed by atoms with Crippen LogP contribution in [-0.2, 0) is 11.3 Å². The third kappa shape index (κ3) is 4.38. The number of thiocarbonyl (C=S) groups is 1. The van der Waals surface area contributed by atoms with Crippen LogP contribution in [0.3, 0.4) is 0 Å².